The number of nitrogens with zero attached hydrogens (tertiary/aromatic N) is 2. The van der Waals surface area contributed by atoms with Gasteiger partial charge in [0.05, 0.1) is 15.4 Å². The first-order chi connectivity index (χ1) is 9.97. The summed E-state index contributed by atoms with van der Waals surface area (Å²) in [6, 6.07) is 7.04. The zero-order valence-electron chi connectivity index (χ0n) is 11.4. The number of hydrogen-bond donors (Lipinski definition) is 1. The van der Waals surface area contributed by atoms with Crippen molar-refractivity contribution in [1.82, 2.24) is 15.0 Å². The molecule has 4 nitrogen and oxygen atoms in total. The molecule has 106 valence electrons. The third-order valence-corrected chi connectivity index (χ3v) is 4.03. The second-order valence-electron chi connectivity index (χ2n) is 4.80. The highest BCUT2D eigenvalue weighted by Crippen LogP contribution is 2.31. The van der Waals surface area contributed by atoms with Crippen LogP contribution in [0, 0.1) is 13.8 Å². The molecular weight excluding hydrogens is 309 g/mol. The van der Waals surface area contributed by atoms with Crippen LogP contribution in [0.15, 0.2) is 29.1 Å². The van der Waals surface area contributed by atoms with Crippen LogP contribution in [0.5, 0.6) is 0 Å². The monoisotopic (exact) mass is 319 g/mol. The lowest BCUT2D eigenvalue weighted by Gasteiger charge is -2.07. The van der Waals surface area contributed by atoms with Crippen LogP contribution < -0.4 is 5.56 Å². The highest BCUT2D eigenvalue weighted by atomic mass is 35.5. The van der Waals surface area contributed by atoms with Gasteiger partial charge in [-0.3, -0.25) is 4.79 Å². The minimum absolute atomic E-state index is 0.240. The van der Waals surface area contributed by atoms with Gasteiger partial charge >= 0.3 is 0 Å². The topological polar surface area (TPSA) is 58.6 Å². The molecule has 6 heteroatoms. The van der Waals surface area contributed by atoms with Crippen LogP contribution in [-0.4, -0.2) is 15.0 Å². The van der Waals surface area contributed by atoms with E-state index >= 15 is 0 Å². The number of aromatic nitrogens is 3. The molecule has 0 bridgehead atoms. The Balaban J connectivity index is 2.36. The van der Waals surface area contributed by atoms with Crippen molar-refractivity contribution in [3.8, 4) is 11.4 Å². The van der Waals surface area contributed by atoms with Crippen LogP contribution in [0.4, 0.5) is 0 Å². The van der Waals surface area contributed by atoms with Crippen molar-refractivity contribution >= 4 is 34.2 Å². The smallest absolute Gasteiger partial charge is 0.260 e. The number of pyridine rings is 1. The standard InChI is InChI=1S/C15H11Cl2N3O/c1-7-6-8(2)18-14-11(7)15(21)20-13(19-14)9-4-3-5-10(16)12(9)17/h3-6H,1-2H3,(H,18,19,20,21). The number of nitrogens with one attached hydrogen (secondary N) is 1. The molecule has 3 aromatic rings. The van der Waals surface area contributed by atoms with E-state index in [-0.39, 0.29) is 5.56 Å². The maximum absolute atomic E-state index is 12.3. The fraction of sp³-hybridized carbons (Fsp3) is 0.133. The first-order valence-electron chi connectivity index (χ1n) is 6.30. The van der Waals surface area contributed by atoms with Gasteiger partial charge in [-0.15, -0.1) is 0 Å². The molecular formula is C15H11Cl2N3O. The number of hydrogen-bond acceptors (Lipinski definition) is 3. The number of aryl methyl sites for hydroxylation is 2. The second-order valence-corrected chi connectivity index (χ2v) is 5.58. The lowest BCUT2D eigenvalue weighted by Crippen LogP contribution is -2.12. The van der Waals surface area contributed by atoms with Crippen molar-refractivity contribution in [1.29, 1.82) is 0 Å². The highest BCUT2D eigenvalue weighted by Gasteiger charge is 2.13. The Labute approximate surface area is 130 Å². The van der Waals surface area contributed by atoms with Gasteiger partial charge in [-0.1, -0.05) is 29.3 Å². The van der Waals surface area contributed by atoms with E-state index in [4.69, 9.17) is 23.2 Å². The zero-order valence-corrected chi connectivity index (χ0v) is 12.9. The molecule has 0 aliphatic heterocycles. The maximum Gasteiger partial charge on any atom is 0.260 e. The Hall–Kier alpha value is -1.91. The summed E-state index contributed by atoms with van der Waals surface area (Å²) in [5.74, 6) is 0.359. The Bertz CT molecular complexity index is 919. The quantitative estimate of drug-likeness (QED) is 0.739. The molecule has 0 fully saturated rings. The average Bonchev–Trinajstić information content (AvgIpc) is 2.40. The Morgan fingerprint density at radius 2 is 1.90 bits per heavy atom. The zero-order chi connectivity index (χ0) is 15.1. The number of halogens is 2. The molecule has 0 unspecified atom stereocenters. The third kappa shape index (κ3) is 2.41. The van der Waals surface area contributed by atoms with Gasteiger partial charge in [-0.05, 0) is 37.6 Å². The molecule has 3 rings (SSSR count). The molecule has 1 aromatic carbocycles. The lowest BCUT2D eigenvalue weighted by molar-refractivity contribution is 1.12. The molecule has 0 radical (unpaired) electrons. The lowest BCUT2D eigenvalue weighted by atomic mass is 10.1. The minimum Gasteiger partial charge on any atom is -0.306 e. The van der Waals surface area contributed by atoms with Gasteiger partial charge in [0, 0.05) is 11.3 Å². The number of benzene rings is 1. The van der Waals surface area contributed by atoms with E-state index in [1.165, 1.54) is 0 Å². The Morgan fingerprint density at radius 3 is 2.67 bits per heavy atom. The minimum atomic E-state index is -0.240. The molecule has 0 spiro atoms. The third-order valence-electron chi connectivity index (χ3n) is 3.21. The van der Waals surface area contributed by atoms with Crippen LogP contribution >= 0.6 is 23.2 Å². The van der Waals surface area contributed by atoms with Gasteiger partial charge in [0.2, 0.25) is 0 Å². The molecule has 0 saturated heterocycles. The molecule has 1 N–H and O–H groups in total. The Kier molecular flexibility index (Phi) is 3.43. The molecule has 0 aliphatic rings. The largest absolute Gasteiger partial charge is 0.306 e. The van der Waals surface area contributed by atoms with E-state index < -0.39 is 0 Å². The van der Waals surface area contributed by atoms with E-state index in [9.17, 15) is 4.79 Å². The van der Waals surface area contributed by atoms with Gasteiger partial charge in [0.15, 0.2) is 5.65 Å². The number of H-pyrrole nitrogens is 1. The van der Waals surface area contributed by atoms with Crippen LogP contribution in [0.1, 0.15) is 11.3 Å². The normalized spacial score (nSPS) is 11.0. The predicted octanol–water partition coefficient (Wildman–Crippen LogP) is 3.91. The van der Waals surface area contributed by atoms with Gasteiger partial charge in [0.25, 0.3) is 5.56 Å². The van der Waals surface area contributed by atoms with E-state index in [0.29, 0.717) is 32.5 Å². The van der Waals surface area contributed by atoms with Gasteiger partial charge in [-0.25, -0.2) is 9.97 Å². The molecule has 2 heterocycles. The van der Waals surface area contributed by atoms with Crippen molar-refractivity contribution in [2.75, 3.05) is 0 Å². The van der Waals surface area contributed by atoms with E-state index in [0.717, 1.165) is 11.3 Å². The predicted molar refractivity (Wildman–Crippen MR) is 85.1 cm³/mol. The van der Waals surface area contributed by atoms with Crippen LogP contribution in [0.25, 0.3) is 22.4 Å². The summed E-state index contributed by atoms with van der Waals surface area (Å²) < 4.78 is 0. The molecule has 0 atom stereocenters. The molecule has 0 amide bonds. The fourth-order valence-corrected chi connectivity index (χ4v) is 2.69. The average molecular weight is 320 g/mol. The molecule has 2 aromatic heterocycles. The van der Waals surface area contributed by atoms with Crippen molar-refractivity contribution < 1.29 is 0 Å². The van der Waals surface area contributed by atoms with E-state index in [1.807, 2.05) is 19.9 Å². The van der Waals surface area contributed by atoms with E-state index in [2.05, 4.69) is 15.0 Å². The summed E-state index contributed by atoms with van der Waals surface area (Å²) in [6.45, 7) is 3.72. The van der Waals surface area contributed by atoms with Gasteiger partial charge < -0.3 is 4.98 Å². The molecule has 0 saturated carbocycles. The summed E-state index contributed by atoms with van der Waals surface area (Å²) in [7, 11) is 0. The van der Waals surface area contributed by atoms with Crippen molar-refractivity contribution in [3.05, 3.63) is 55.9 Å². The fourth-order valence-electron chi connectivity index (χ4n) is 2.30. The molecule has 0 aliphatic carbocycles. The first-order valence-corrected chi connectivity index (χ1v) is 7.05. The van der Waals surface area contributed by atoms with Crippen molar-refractivity contribution in [2.24, 2.45) is 0 Å². The molecule has 21 heavy (non-hydrogen) atoms. The summed E-state index contributed by atoms with van der Waals surface area (Å²) in [6.07, 6.45) is 0. The number of rotatable bonds is 1. The summed E-state index contributed by atoms with van der Waals surface area (Å²) in [5, 5.41) is 1.25. The van der Waals surface area contributed by atoms with Gasteiger partial charge in [0.1, 0.15) is 5.82 Å². The van der Waals surface area contributed by atoms with Crippen LogP contribution in [0.2, 0.25) is 10.0 Å². The van der Waals surface area contributed by atoms with Gasteiger partial charge in [-0.2, -0.15) is 0 Å². The van der Waals surface area contributed by atoms with Crippen LogP contribution in [0.3, 0.4) is 0 Å². The SMILES string of the molecule is Cc1cc(C)c2c(=O)[nH]c(-c3cccc(Cl)c3Cl)nc2n1. The Morgan fingerprint density at radius 1 is 1.14 bits per heavy atom. The van der Waals surface area contributed by atoms with Crippen LogP contribution in [-0.2, 0) is 0 Å². The van der Waals surface area contributed by atoms with Crippen molar-refractivity contribution in [2.45, 2.75) is 13.8 Å². The summed E-state index contributed by atoms with van der Waals surface area (Å²) in [5.41, 5.74) is 2.39. The second kappa shape index (κ2) is 5.13. The first kappa shape index (κ1) is 14.0. The maximum atomic E-state index is 12.3. The summed E-state index contributed by atoms with van der Waals surface area (Å²) >= 11 is 12.2. The number of aromatic amines is 1. The summed E-state index contributed by atoms with van der Waals surface area (Å²) in [4.78, 5) is 23.8. The van der Waals surface area contributed by atoms with Crippen molar-refractivity contribution in [3.63, 3.8) is 0 Å². The number of fused-ring (bicyclic) bond motifs is 1. The van der Waals surface area contributed by atoms with E-state index in [1.54, 1.807) is 18.2 Å². The highest BCUT2D eigenvalue weighted by molar-refractivity contribution is 6.43.